The maximum atomic E-state index is 5.97. The van der Waals surface area contributed by atoms with E-state index in [0.29, 0.717) is 11.1 Å². The SMILES string of the molecule is CNC(CSC)c1ccc(Cl)c(OC)c1. The largest absolute Gasteiger partial charge is 0.495 e. The van der Waals surface area contributed by atoms with Gasteiger partial charge in [-0.15, -0.1) is 0 Å². The first-order valence-corrected chi connectivity index (χ1v) is 6.49. The van der Waals surface area contributed by atoms with Crippen LogP contribution in [0.2, 0.25) is 5.02 Å². The molecule has 1 N–H and O–H groups in total. The lowest BCUT2D eigenvalue weighted by Gasteiger charge is -2.16. The Morgan fingerprint density at radius 3 is 2.80 bits per heavy atom. The summed E-state index contributed by atoms with van der Waals surface area (Å²) >= 11 is 7.78. The fourth-order valence-corrected chi connectivity index (χ4v) is 2.29. The molecule has 0 spiro atoms. The van der Waals surface area contributed by atoms with Gasteiger partial charge in [-0.3, -0.25) is 0 Å². The van der Waals surface area contributed by atoms with Gasteiger partial charge in [0.2, 0.25) is 0 Å². The fraction of sp³-hybridized carbons (Fsp3) is 0.455. The molecule has 0 aliphatic heterocycles. The Hall–Kier alpha value is -0.380. The van der Waals surface area contributed by atoms with Crippen LogP contribution in [-0.4, -0.2) is 26.2 Å². The minimum absolute atomic E-state index is 0.339. The van der Waals surface area contributed by atoms with Crippen molar-refractivity contribution in [3.63, 3.8) is 0 Å². The highest BCUT2D eigenvalue weighted by Gasteiger charge is 2.10. The minimum Gasteiger partial charge on any atom is -0.495 e. The standard InChI is InChI=1S/C11H16ClNOS/c1-13-10(7-15-3)8-4-5-9(12)11(6-8)14-2/h4-6,10,13H,7H2,1-3H3. The summed E-state index contributed by atoms with van der Waals surface area (Å²) in [6.45, 7) is 0. The van der Waals surface area contributed by atoms with E-state index < -0.39 is 0 Å². The predicted molar refractivity (Wildman–Crippen MR) is 68.2 cm³/mol. The van der Waals surface area contributed by atoms with Crippen molar-refractivity contribution in [2.24, 2.45) is 0 Å². The molecule has 0 radical (unpaired) electrons. The molecule has 84 valence electrons. The van der Waals surface area contributed by atoms with Crippen molar-refractivity contribution in [2.75, 3.05) is 26.2 Å². The topological polar surface area (TPSA) is 21.3 Å². The molecule has 1 unspecified atom stereocenters. The summed E-state index contributed by atoms with van der Waals surface area (Å²) in [7, 11) is 3.59. The number of rotatable bonds is 5. The van der Waals surface area contributed by atoms with Crippen LogP contribution in [0, 0.1) is 0 Å². The van der Waals surface area contributed by atoms with E-state index in [-0.39, 0.29) is 0 Å². The monoisotopic (exact) mass is 245 g/mol. The van der Waals surface area contributed by atoms with Crippen molar-refractivity contribution in [1.29, 1.82) is 0 Å². The second-order valence-corrected chi connectivity index (χ2v) is 4.51. The molecule has 4 heteroatoms. The Labute approximate surface area is 100 Å². The molecule has 0 saturated heterocycles. The number of methoxy groups -OCH3 is 1. The lowest BCUT2D eigenvalue weighted by Crippen LogP contribution is -2.18. The van der Waals surface area contributed by atoms with Gasteiger partial charge in [0, 0.05) is 11.8 Å². The summed E-state index contributed by atoms with van der Waals surface area (Å²) < 4.78 is 5.19. The molecule has 0 heterocycles. The zero-order valence-corrected chi connectivity index (χ0v) is 10.8. The molecule has 0 amide bonds. The van der Waals surface area contributed by atoms with Crippen LogP contribution < -0.4 is 10.1 Å². The normalized spacial score (nSPS) is 12.5. The molecule has 1 aromatic carbocycles. The average Bonchev–Trinajstić information content (AvgIpc) is 2.27. The molecule has 0 aliphatic carbocycles. The van der Waals surface area contributed by atoms with Gasteiger partial charge < -0.3 is 10.1 Å². The average molecular weight is 246 g/mol. The summed E-state index contributed by atoms with van der Waals surface area (Å²) in [4.78, 5) is 0. The summed E-state index contributed by atoms with van der Waals surface area (Å²) in [6.07, 6.45) is 2.09. The van der Waals surface area contributed by atoms with Crippen LogP contribution in [0.1, 0.15) is 11.6 Å². The number of hydrogen-bond acceptors (Lipinski definition) is 3. The van der Waals surface area contributed by atoms with Crippen LogP contribution in [0.3, 0.4) is 0 Å². The first kappa shape index (κ1) is 12.7. The fourth-order valence-electron chi connectivity index (χ4n) is 1.41. The van der Waals surface area contributed by atoms with Crippen molar-refractivity contribution < 1.29 is 4.74 Å². The number of thioether (sulfide) groups is 1. The molecule has 1 aromatic rings. The molecule has 2 nitrogen and oxygen atoms in total. The Bertz CT molecular complexity index is 319. The Morgan fingerprint density at radius 1 is 1.53 bits per heavy atom. The molecule has 0 aromatic heterocycles. The van der Waals surface area contributed by atoms with Crippen molar-refractivity contribution in [3.05, 3.63) is 28.8 Å². The third kappa shape index (κ3) is 3.30. The first-order chi connectivity index (χ1) is 7.22. The summed E-state index contributed by atoms with van der Waals surface area (Å²) in [5.41, 5.74) is 1.20. The molecule has 0 saturated carbocycles. The first-order valence-electron chi connectivity index (χ1n) is 4.72. The molecule has 0 bridgehead atoms. The number of ether oxygens (including phenoxy) is 1. The van der Waals surface area contributed by atoms with Crippen LogP contribution in [0.5, 0.6) is 5.75 Å². The Morgan fingerprint density at radius 2 is 2.27 bits per heavy atom. The maximum Gasteiger partial charge on any atom is 0.137 e. The van der Waals surface area contributed by atoms with Gasteiger partial charge in [0.25, 0.3) is 0 Å². The van der Waals surface area contributed by atoms with Crippen LogP contribution in [0.4, 0.5) is 0 Å². The van der Waals surface area contributed by atoms with Crippen molar-refractivity contribution in [2.45, 2.75) is 6.04 Å². The number of nitrogens with one attached hydrogen (secondary N) is 1. The van der Waals surface area contributed by atoms with E-state index in [1.165, 1.54) is 5.56 Å². The van der Waals surface area contributed by atoms with E-state index >= 15 is 0 Å². The van der Waals surface area contributed by atoms with Crippen LogP contribution in [0.25, 0.3) is 0 Å². The van der Waals surface area contributed by atoms with E-state index in [1.807, 2.05) is 37.0 Å². The molecule has 1 rings (SSSR count). The molecule has 0 fully saturated rings. The lowest BCUT2D eigenvalue weighted by molar-refractivity contribution is 0.414. The molecular weight excluding hydrogens is 230 g/mol. The van der Waals surface area contributed by atoms with E-state index in [1.54, 1.807) is 7.11 Å². The predicted octanol–water partition coefficient (Wildman–Crippen LogP) is 2.97. The number of hydrogen-bond donors (Lipinski definition) is 1. The van der Waals surface area contributed by atoms with Gasteiger partial charge in [-0.2, -0.15) is 11.8 Å². The third-order valence-corrected chi connectivity index (χ3v) is 3.24. The Balaban J connectivity index is 2.92. The molecule has 15 heavy (non-hydrogen) atoms. The highest BCUT2D eigenvalue weighted by Crippen LogP contribution is 2.28. The van der Waals surface area contributed by atoms with Crippen LogP contribution >= 0.6 is 23.4 Å². The molecule has 1 atom stereocenters. The Kier molecular flexibility index (Phi) is 5.29. The quantitative estimate of drug-likeness (QED) is 0.862. The minimum atomic E-state index is 0.339. The second-order valence-electron chi connectivity index (χ2n) is 3.19. The van der Waals surface area contributed by atoms with Gasteiger partial charge in [-0.05, 0) is 31.0 Å². The van der Waals surface area contributed by atoms with E-state index in [0.717, 1.165) is 11.5 Å². The second kappa shape index (κ2) is 6.26. The van der Waals surface area contributed by atoms with E-state index in [4.69, 9.17) is 16.3 Å². The smallest absolute Gasteiger partial charge is 0.137 e. The van der Waals surface area contributed by atoms with Gasteiger partial charge >= 0.3 is 0 Å². The highest BCUT2D eigenvalue weighted by molar-refractivity contribution is 7.98. The van der Waals surface area contributed by atoms with Gasteiger partial charge in [0.15, 0.2) is 0 Å². The van der Waals surface area contributed by atoms with Gasteiger partial charge in [0.1, 0.15) is 5.75 Å². The third-order valence-electron chi connectivity index (χ3n) is 2.26. The van der Waals surface area contributed by atoms with E-state index in [2.05, 4.69) is 11.6 Å². The van der Waals surface area contributed by atoms with Crippen molar-refractivity contribution in [3.8, 4) is 5.75 Å². The van der Waals surface area contributed by atoms with Crippen LogP contribution in [0.15, 0.2) is 18.2 Å². The van der Waals surface area contributed by atoms with Gasteiger partial charge in [-0.25, -0.2) is 0 Å². The van der Waals surface area contributed by atoms with Crippen molar-refractivity contribution >= 4 is 23.4 Å². The zero-order valence-electron chi connectivity index (χ0n) is 9.21. The molecule has 0 aliphatic rings. The summed E-state index contributed by atoms with van der Waals surface area (Å²) in [5.74, 6) is 1.76. The maximum absolute atomic E-state index is 5.97. The van der Waals surface area contributed by atoms with Crippen LogP contribution in [-0.2, 0) is 0 Å². The van der Waals surface area contributed by atoms with Crippen molar-refractivity contribution in [1.82, 2.24) is 5.32 Å². The van der Waals surface area contributed by atoms with E-state index in [9.17, 15) is 0 Å². The number of halogens is 1. The van der Waals surface area contributed by atoms with Gasteiger partial charge in [-0.1, -0.05) is 17.7 Å². The molecular formula is C11H16ClNOS. The summed E-state index contributed by atoms with van der Waals surface area (Å²) in [6, 6.07) is 6.23. The highest BCUT2D eigenvalue weighted by atomic mass is 35.5. The lowest BCUT2D eigenvalue weighted by atomic mass is 10.1. The summed E-state index contributed by atoms with van der Waals surface area (Å²) in [5, 5.41) is 3.92. The zero-order chi connectivity index (χ0) is 11.3. The number of benzene rings is 1. The van der Waals surface area contributed by atoms with Gasteiger partial charge in [0.05, 0.1) is 12.1 Å².